The quantitative estimate of drug-likeness (QED) is 0.724. The summed E-state index contributed by atoms with van der Waals surface area (Å²) in [6, 6.07) is 7.10. The van der Waals surface area contributed by atoms with Gasteiger partial charge < -0.3 is 10.6 Å². The molecule has 0 spiro atoms. The third kappa shape index (κ3) is 6.23. The fourth-order valence-electron chi connectivity index (χ4n) is 2.28. The summed E-state index contributed by atoms with van der Waals surface area (Å²) in [6.45, 7) is 10.4. The lowest BCUT2D eigenvalue weighted by molar-refractivity contribution is -0.115. The Bertz CT molecular complexity index is 441. The van der Waals surface area contributed by atoms with Crippen molar-refractivity contribution in [2.24, 2.45) is 0 Å². The van der Waals surface area contributed by atoms with Crippen molar-refractivity contribution >= 4 is 11.6 Å². The van der Waals surface area contributed by atoms with Gasteiger partial charge in [-0.05, 0) is 39.8 Å². The van der Waals surface area contributed by atoms with E-state index in [1.165, 1.54) is 6.07 Å². The number of nitrogens with zero attached hydrogens (tertiary/aromatic N) is 1. The number of benzene rings is 1. The smallest absolute Gasteiger partial charge is 0.238 e. The highest BCUT2D eigenvalue weighted by atomic mass is 19.1. The average molecular weight is 295 g/mol. The molecule has 1 rings (SSSR count). The molecule has 0 aliphatic carbocycles. The zero-order valence-corrected chi connectivity index (χ0v) is 13.3. The fourth-order valence-corrected chi connectivity index (χ4v) is 2.28. The van der Waals surface area contributed by atoms with Crippen LogP contribution in [0.25, 0.3) is 0 Å². The second-order valence-corrected chi connectivity index (χ2v) is 5.63. The first-order valence-electron chi connectivity index (χ1n) is 7.42. The van der Waals surface area contributed by atoms with Crippen molar-refractivity contribution in [2.75, 3.05) is 25.0 Å². The summed E-state index contributed by atoms with van der Waals surface area (Å²) >= 11 is 0. The number of rotatable bonds is 8. The van der Waals surface area contributed by atoms with Crippen LogP contribution in [0.3, 0.4) is 0 Å². The molecule has 0 aliphatic heterocycles. The molecule has 0 aromatic heterocycles. The van der Waals surface area contributed by atoms with E-state index in [2.05, 4.69) is 43.2 Å². The lowest BCUT2D eigenvalue weighted by atomic mass is 10.2. The topological polar surface area (TPSA) is 44.4 Å². The highest BCUT2D eigenvalue weighted by Gasteiger charge is 2.12. The Hall–Kier alpha value is -1.46. The summed E-state index contributed by atoms with van der Waals surface area (Å²) in [5, 5.41) is 5.64. The van der Waals surface area contributed by atoms with Crippen molar-refractivity contribution in [3.63, 3.8) is 0 Å². The number of anilines is 1. The Balaban J connectivity index is 2.29. The van der Waals surface area contributed by atoms with Crippen molar-refractivity contribution in [1.82, 2.24) is 10.2 Å². The number of para-hydroxylation sites is 1. The van der Waals surface area contributed by atoms with Crippen LogP contribution in [-0.2, 0) is 4.79 Å². The predicted octanol–water partition coefficient (Wildman–Crippen LogP) is 2.47. The van der Waals surface area contributed by atoms with Crippen molar-refractivity contribution < 1.29 is 9.18 Å². The molecule has 2 N–H and O–H groups in total. The Kier molecular flexibility index (Phi) is 7.32. The van der Waals surface area contributed by atoms with Crippen LogP contribution in [-0.4, -0.2) is 42.5 Å². The third-order valence-corrected chi connectivity index (χ3v) is 3.31. The molecule has 0 radical (unpaired) electrons. The molecule has 0 saturated carbocycles. The number of hydrogen-bond acceptors (Lipinski definition) is 3. The third-order valence-electron chi connectivity index (χ3n) is 3.31. The number of carbonyl (C=O) groups is 1. The monoisotopic (exact) mass is 295 g/mol. The van der Waals surface area contributed by atoms with E-state index in [-0.39, 0.29) is 18.1 Å². The maximum atomic E-state index is 13.4. The van der Waals surface area contributed by atoms with Gasteiger partial charge in [0.05, 0.1) is 12.2 Å². The van der Waals surface area contributed by atoms with Crippen LogP contribution in [0.4, 0.5) is 10.1 Å². The van der Waals surface area contributed by atoms with E-state index in [0.717, 1.165) is 13.1 Å². The standard InChI is InChI=1S/C16H26FN3O/c1-12(2)20(13(3)4)10-9-18-11-16(21)19-15-8-6-5-7-14(15)17/h5-8,12-13,18H,9-11H2,1-4H3,(H,19,21). The minimum atomic E-state index is -0.420. The number of hydrogen-bond donors (Lipinski definition) is 2. The number of amides is 1. The maximum absolute atomic E-state index is 13.4. The zero-order valence-electron chi connectivity index (χ0n) is 13.3. The van der Waals surface area contributed by atoms with E-state index in [0.29, 0.717) is 12.1 Å². The molecule has 0 unspecified atom stereocenters. The summed E-state index contributed by atoms with van der Waals surface area (Å²) in [5.41, 5.74) is 0.218. The van der Waals surface area contributed by atoms with Crippen LogP contribution >= 0.6 is 0 Å². The van der Waals surface area contributed by atoms with Crippen LogP contribution in [0.5, 0.6) is 0 Å². The van der Waals surface area contributed by atoms with Crippen molar-refractivity contribution in [3.8, 4) is 0 Å². The largest absolute Gasteiger partial charge is 0.322 e. The Morgan fingerprint density at radius 1 is 1.19 bits per heavy atom. The summed E-state index contributed by atoms with van der Waals surface area (Å²) in [6.07, 6.45) is 0. The number of halogens is 1. The number of carbonyl (C=O) groups excluding carboxylic acids is 1. The molecule has 1 aromatic rings. The first kappa shape index (κ1) is 17.6. The van der Waals surface area contributed by atoms with E-state index in [1.54, 1.807) is 18.2 Å². The predicted molar refractivity (Wildman–Crippen MR) is 84.9 cm³/mol. The van der Waals surface area contributed by atoms with E-state index >= 15 is 0 Å². The Labute approximate surface area is 126 Å². The van der Waals surface area contributed by atoms with Gasteiger partial charge in [-0.2, -0.15) is 0 Å². The highest BCUT2D eigenvalue weighted by molar-refractivity contribution is 5.92. The normalized spacial score (nSPS) is 11.4. The van der Waals surface area contributed by atoms with Crippen molar-refractivity contribution in [3.05, 3.63) is 30.1 Å². The molecule has 0 saturated heterocycles. The molecule has 0 bridgehead atoms. The highest BCUT2D eigenvalue weighted by Crippen LogP contribution is 2.11. The summed E-state index contributed by atoms with van der Waals surface area (Å²) in [5.74, 6) is -0.655. The fraction of sp³-hybridized carbons (Fsp3) is 0.562. The molecular formula is C16H26FN3O. The summed E-state index contributed by atoms with van der Waals surface area (Å²) in [7, 11) is 0. The van der Waals surface area contributed by atoms with Gasteiger partial charge in [-0.25, -0.2) is 4.39 Å². The van der Waals surface area contributed by atoms with E-state index in [9.17, 15) is 9.18 Å². The van der Waals surface area contributed by atoms with Gasteiger partial charge in [-0.15, -0.1) is 0 Å². The molecule has 118 valence electrons. The zero-order chi connectivity index (χ0) is 15.8. The molecule has 1 aromatic carbocycles. The molecule has 0 aliphatic rings. The van der Waals surface area contributed by atoms with Gasteiger partial charge in [-0.1, -0.05) is 12.1 Å². The van der Waals surface area contributed by atoms with Crippen LogP contribution in [0.1, 0.15) is 27.7 Å². The van der Waals surface area contributed by atoms with Crippen LogP contribution in [0.2, 0.25) is 0 Å². The second kappa shape index (κ2) is 8.74. The maximum Gasteiger partial charge on any atom is 0.238 e. The minimum Gasteiger partial charge on any atom is -0.322 e. The van der Waals surface area contributed by atoms with Crippen molar-refractivity contribution in [1.29, 1.82) is 0 Å². The second-order valence-electron chi connectivity index (χ2n) is 5.63. The van der Waals surface area contributed by atoms with Gasteiger partial charge in [0.25, 0.3) is 0 Å². The lowest BCUT2D eigenvalue weighted by Crippen LogP contribution is -2.42. The molecule has 0 atom stereocenters. The number of nitrogens with one attached hydrogen (secondary N) is 2. The molecule has 0 heterocycles. The van der Waals surface area contributed by atoms with Gasteiger partial charge in [-0.3, -0.25) is 9.69 Å². The van der Waals surface area contributed by atoms with Gasteiger partial charge in [0.2, 0.25) is 5.91 Å². The molecular weight excluding hydrogens is 269 g/mol. The first-order chi connectivity index (χ1) is 9.91. The Morgan fingerprint density at radius 3 is 2.38 bits per heavy atom. The van der Waals surface area contributed by atoms with Gasteiger partial charge in [0, 0.05) is 25.2 Å². The van der Waals surface area contributed by atoms with E-state index < -0.39 is 5.82 Å². The molecule has 5 heteroatoms. The van der Waals surface area contributed by atoms with Gasteiger partial charge in [0.1, 0.15) is 5.82 Å². The lowest BCUT2D eigenvalue weighted by Gasteiger charge is -2.30. The molecule has 1 amide bonds. The summed E-state index contributed by atoms with van der Waals surface area (Å²) < 4.78 is 13.4. The van der Waals surface area contributed by atoms with E-state index in [1.807, 2.05) is 0 Å². The van der Waals surface area contributed by atoms with E-state index in [4.69, 9.17) is 0 Å². The SMILES string of the molecule is CC(C)N(CCNCC(=O)Nc1ccccc1F)C(C)C. The van der Waals surface area contributed by atoms with Crippen LogP contribution in [0, 0.1) is 5.82 Å². The molecule has 4 nitrogen and oxygen atoms in total. The molecule has 21 heavy (non-hydrogen) atoms. The molecule has 0 fully saturated rings. The van der Waals surface area contributed by atoms with Gasteiger partial charge in [0.15, 0.2) is 0 Å². The first-order valence-corrected chi connectivity index (χ1v) is 7.42. The Morgan fingerprint density at radius 2 is 1.81 bits per heavy atom. The summed E-state index contributed by atoms with van der Waals surface area (Å²) in [4.78, 5) is 14.1. The average Bonchev–Trinajstić information content (AvgIpc) is 2.40. The van der Waals surface area contributed by atoms with Gasteiger partial charge >= 0.3 is 0 Å². The van der Waals surface area contributed by atoms with Crippen molar-refractivity contribution in [2.45, 2.75) is 39.8 Å². The van der Waals surface area contributed by atoms with Crippen LogP contribution in [0.15, 0.2) is 24.3 Å². The minimum absolute atomic E-state index is 0.179. The van der Waals surface area contributed by atoms with Crippen LogP contribution < -0.4 is 10.6 Å².